The summed E-state index contributed by atoms with van der Waals surface area (Å²) in [5, 5.41) is 13.2. The van der Waals surface area contributed by atoms with Crippen molar-refractivity contribution in [1.29, 1.82) is 0 Å². The monoisotopic (exact) mass is 339 g/mol. The van der Waals surface area contributed by atoms with Gasteiger partial charge in [-0.3, -0.25) is 9.59 Å². The van der Waals surface area contributed by atoms with E-state index in [1.54, 1.807) is 12.1 Å². The number of carbonyl (C=O) groups excluding carboxylic acids is 2. The zero-order valence-electron chi connectivity index (χ0n) is 14.6. The van der Waals surface area contributed by atoms with Crippen molar-refractivity contribution in [2.75, 3.05) is 0 Å². The van der Waals surface area contributed by atoms with E-state index in [0.717, 1.165) is 30.9 Å². The highest BCUT2D eigenvalue weighted by Gasteiger charge is 2.51. The van der Waals surface area contributed by atoms with Gasteiger partial charge in [0.2, 0.25) is 5.78 Å². The predicted octanol–water partition coefficient (Wildman–Crippen LogP) is 3.55. The number of hydrogen-bond acceptors (Lipinski definition) is 3. The van der Waals surface area contributed by atoms with Crippen molar-refractivity contribution in [2.24, 2.45) is 17.8 Å². The van der Waals surface area contributed by atoms with Crippen LogP contribution in [-0.2, 0) is 9.59 Å². The summed E-state index contributed by atoms with van der Waals surface area (Å²) in [4.78, 5) is 24.7. The lowest BCUT2D eigenvalue weighted by Crippen LogP contribution is -2.60. The fourth-order valence-corrected chi connectivity index (χ4v) is 5.56. The Bertz CT molecular complexity index is 697. The van der Waals surface area contributed by atoms with Gasteiger partial charge in [0, 0.05) is 17.2 Å². The number of benzene rings is 1. The molecule has 132 valence electrons. The molecule has 0 heterocycles. The van der Waals surface area contributed by atoms with Crippen LogP contribution in [0.4, 0.5) is 0 Å². The highest BCUT2D eigenvalue weighted by atomic mass is 16.3. The summed E-state index contributed by atoms with van der Waals surface area (Å²) >= 11 is 0. The third-order valence-electron chi connectivity index (χ3n) is 6.26. The van der Waals surface area contributed by atoms with Crippen molar-refractivity contribution in [2.45, 2.75) is 51.0 Å². The first-order valence-electron chi connectivity index (χ1n) is 9.27. The molecule has 0 radical (unpaired) electrons. The van der Waals surface area contributed by atoms with Gasteiger partial charge in [-0.05, 0) is 63.2 Å². The lowest BCUT2D eigenvalue weighted by Gasteiger charge is -2.56. The average Bonchev–Trinajstić information content (AvgIpc) is 2.53. The molecule has 1 aromatic carbocycles. The molecule has 4 heteroatoms. The minimum absolute atomic E-state index is 0.161. The van der Waals surface area contributed by atoms with E-state index in [4.69, 9.17) is 0 Å². The van der Waals surface area contributed by atoms with Crippen LogP contribution in [0.5, 0.6) is 0 Å². The van der Waals surface area contributed by atoms with Crippen LogP contribution in [0.15, 0.2) is 30.3 Å². The number of carbonyl (C=O) groups is 2. The van der Waals surface area contributed by atoms with Crippen LogP contribution in [0.2, 0.25) is 0 Å². The van der Waals surface area contributed by atoms with Gasteiger partial charge in [0.05, 0.1) is 0 Å². The van der Waals surface area contributed by atoms with Gasteiger partial charge in [0.15, 0.2) is 0 Å². The maximum atomic E-state index is 12.4. The van der Waals surface area contributed by atoms with Gasteiger partial charge in [-0.25, -0.2) is 0 Å². The van der Waals surface area contributed by atoms with E-state index in [2.05, 4.69) is 5.32 Å². The molecule has 4 saturated carbocycles. The second-order valence-corrected chi connectivity index (χ2v) is 8.41. The van der Waals surface area contributed by atoms with Gasteiger partial charge in [0.25, 0.3) is 5.91 Å². The molecule has 2 N–H and O–H groups in total. The number of ketones is 1. The van der Waals surface area contributed by atoms with Crippen molar-refractivity contribution in [3.63, 3.8) is 0 Å². The largest absolute Gasteiger partial charge is 0.507 e. The van der Waals surface area contributed by atoms with Crippen molar-refractivity contribution in [3.8, 4) is 0 Å². The van der Waals surface area contributed by atoms with Crippen LogP contribution < -0.4 is 5.32 Å². The lowest BCUT2D eigenvalue weighted by molar-refractivity contribution is -0.138. The van der Waals surface area contributed by atoms with Crippen molar-refractivity contribution < 1.29 is 14.7 Å². The second kappa shape index (κ2) is 6.01. The Morgan fingerprint density at radius 2 is 1.56 bits per heavy atom. The zero-order chi connectivity index (χ0) is 17.6. The maximum absolute atomic E-state index is 12.4. The topological polar surface area (TPSA) is 66.4 Å². The van der Waals surface area contributed by atoms with Crippen LogP contribution in [0, 0.1) is 24.7 Å². The Morgan fingerprint density at radius 3 is 2.08 bits per heavy atom. The first kappa shape index (κ1) is 16.4. The number of aryl methyl sites for hydroxylation is 1. The fraction of sp³-hybridized carbons (Fsp3) is 0.524. The van der Waals surface area contributed by atoms with Crippen LogP contribution in [0.1, 0.15) is 49.7 Å². The van der Waals surface area contributed by atoms with E-state index in [9.17, 15) is 14.7 Å². The van der Waals surface area contributed by atoms with E-state index < -0.39 is 11.7 Å². The summed E-state index contributed by atoms with van der Waals surface area (Å²) in [6, 6.07) is 7.20. The van der Waals surface area contributed by atoms with Gasteiger partial charge in [-0.1, -0.05) is 29.8 Å². The zero-order valence-corrected chi connectivity index (χ0v) is 14.6. The van der Waals surface area contributed by atoms with Crippen molar-refractivity contribution in [3.05, 3.63) is 41.5 Å². The molecule has 0 atom stereocenters. The van der Waals surface area contributed by atoms with Gasteiger partial charge < -0.3 is 10.4 Å². The van der Waals surface area contributed by atoms with Crippen LogP contribution >= 0.6 is 0 Å². The fourth-order valence-electron chi connectivity index (χ4n) is 5.56. The Hall–Kier alpha value is -2.10. The molecule has 0 saturated heterocycles. The molecule has 0 unspecified atom stereocenters. The first-order valence-corrected chi connectivity index (χ1v) is 9.27. The highest BCUT2D eigenvalue weighted by Crippen LogP contribution is 2.55. The molecule has 1 aromatic rings. The molecule has 0 aliphatic heterocycles. The Kier molecular flexibility index (Phi) is 3.94. The molecule has 4 bridgehead atoms. The third-order valence-corrected chi connectivity index (χ3v) is 6.26. The normalized spacial score (nSPS) is 33.3. The molecular formula is C21H25NO3. The lowest BCUT2D eigenvalue weighted by atomic mass is 9.53. The Morgan fingerprint density at radius 1 is 1.04 bits per heavy atom. The highest BCUT2D eigenvalue weighted by molar-refractivity contribution is 6.41. The van der Waals surface area contributed by atoms with Gasteiger partial charge in [0.1, 0.15) is 5.76 Å². The van der Waals surface area contributed by atoms with Crippen molar-refractivity contribution in [1.82, 2.24) is 5.32 Å². The number of aliphatic hydroxyl groups excluding tert-OH is 1. The summed E-state index contributed by atoms with van der Waals surface area (Å²) in [6.45, 7) is 1.95. The smallest absolute Gasteiger partial charge is 0.292 e. The first-order chi connectivity index (χ1) is 11.9. The molecule has 4 nitrogen and oxygen atoms in total. The van der Waals surface area contributed by atoms with Crippen molar-refractivity contribution >= 4 is 17.4 Å². The molecule has 4 aliphatic carbocycles. The van der Waals surface area contributed by atoms with Crippen LogP contribution in [-0.4, -0.2) is 22.3 Å². The quantitative estimate of drug-likeness (QED) is 0.501. The number of nitrogens with one attached hydrogen (secondary N) is 1. The molecule has 4 aliphatic rings. The standard InChI is InChI=1S/C21H25NO3/c1-13-2-4-17(5-3-13)18(23)9-19(24)20(25)22-21-10-14-6-15(11-21)8-16(7-14)12-21/h2-5,9,14-16,23H,6-8,10-12H2,1H3,(H,22,25)/b18-9-. The Labute approximate surface area is 148 Å². The molecule has 0 aromatic heterocycles. The second-order valence-electron chi connectivity index (χ2n) is 8.41. The number of hydrogen-bond donors (Lipinski definition) is 2. The van der Waals surface area contributed by atoms with Crippen LogP contribution in [0.3, 0.4) is 0 Å². The average molecular weight is 339 g/mol. The minimum atomic E-state index is -0.672. The summed E-state index contributed by atoms with van der Waals surface area (Å²) in [6.07, 6.45) is 7.93. The van der Waals surface area contributed by atoms with E-state index in [1.165, 1.54) is 19.3 Å². The van der Waals surface area contributed by atoms with E-state index >= 15 is 0 Å². The SMILES string of the molecule is Cc1ccc(/C(O)=C/C(=O)C(=O)NC23CC4CC(CC(C4)C2)C3)cc1. The number of aliphatic hydroxyl groups is 1. The molecular weight excluding hydrogens is 314 g/mol. The Balaban J connectivity index is 1.45. The van der Waals surface area contributed by atoms with Crippen LogP contribution in [0.25, 0.3) is 5.76 Å². The summed E-state index contributed by atoms with van der Waals surface area (Å²) in [5.74, 6) is 0.703. The van der Waals surface area contributed by atoms with E-state index in [-0.39, 0.29) is 11.3 Å². The number of rotatable bonds is 4. The van der Waals surface area contributed by atoms with Gasteiger partial charge in [-0.2, -0.15) is 0 Å². The summed E-state index contributed by atoms with van der Waals surface area (Å²) < 4.78 is 0. The van der Waals surface area contributed by atoms with E-state index in [0.29, 0.717) is 23.3 Å². The maximum Gasteiger partial charge on any atom is 0.292 e. The summed E-state index contributed by atoms with van der Waals surface area (Å²) in [7, 11) is 0. The molecule has 0 spiro atoms. The third kappa shape index (κ3) is 3.22. The summed E-state index contributed by atoms with van der Waals surface area (Å²) in [5.41, 5.74) is 1.43. The van der Waals surface area contributed by atoms with E-state index in [1.807, 2.05) is 19.1 Å². The van der Waals surface area contributed by atoms with Gasteiger partial charge >= 0.3 is 0 Å². The predicted molar refractivity (Wildman–Crippen MR) is 95.8 cm³/mol. The molecule has 25 heavy (non-hydrogen) atoms. The molecule has 4 fully saturated rings. The number of amides is 1. The molecule has 5 rings (SSSR count). The van der Waals surface area contributed by atoms with Gasteiger partial charge in [-0.15, -0.1) is 0 Å². The molecule has 1 amide bonds. The minimum Gasteiger partial charge on any atom is -0.507 e.